The van der Waals surface area contributed by atoms with E-state index in [0.29, 0.717) is 5.92 Å². The number of benzene rings is 2. The predicted octanol–water partition coefficient (Wildman–Crippen LogP) is 4.81. The van der Waals surface area contributed by atoms with E-state index in [2.05, 4.69) is 0 Å². The van der Waals surface area contributed by atoms with Crippen LogP contribution < -0.4 is 0 Å². The fraction of sp³-hybridized carbons (Fsp3) is 0.409. The molecule has 2 aromatic rings. The maximum absolute atomic E-state index is 13.4. The van der Waals surface area contributed by atoms with Gasteiger partial charge in [-0.25, -0.2) is 4.39 Å². The standard InChI is InChI=1S/C22H24FNO/c1-24(22(25)20-14-15-7-8-18(20)13-15)21(16-5-3-2-4-6-16)17-9-11-19(23)12-10-17/h2-6,9-12,15,18,20-21H,7-8,13-14H2,1H3/t15-,18-,20-,21-/m0/s1. The molecule has 0 aliphatic heterocycles. The van der Waals surface area contributed by atoms with Crippen molar-refractivity contribution >= 4 is 5.91 Å². The molecule has 4 atom stereocenters. The first-order valence-electron chi connectivity index (χ1n) is 9.20. The molecule has 2 fully saturated rings. The molecule has 2 bridgehead atoms. The van der Waals surface area contributed by atoms with E-state index in [4.69, 9.17) is 0 Å². The number of carbonyl (C=O) groups excluding carboxylic acids is 1. The zero-order chi connectivity index (χ0) is 17.4. The molecule has 4 rings (SSSR count). The van der Waals surface area contributed by atoms with Gasteiger partial charge in [0.1, 0.15) is 5.82 Å². The third-order valence-corrected chi connectivity index (χ3v) is 6.09. The third-order valence-electron chi connectivity index (χ3n) is 6.09. The van der Waals surface area contributed by atoms with Gasteiger partial charge < -0.3 is 4.90 Å². The maximum atomic E-state index is 13.4. The van der Waals surface area contributed by atoms with Gasteiger partial charge in [-0.1, -0.05) is 48.9 Å². The Hall–Kier alpha value is -2.16. The van der Waals surface area contributed by atoms with Crippen LogP contribution in [0.4, 0.5) is 4.39 Å². The smallest absolute Gasteiger partial charge is 0.226 e. The number of nitrogens with zero attached hydrogens (tertiary/aromatic N) is 1. The number of hydrogen-bond donors (Lipinski definition) is 0. The fourth-order valence-electron chi connectivity index (χ4n) is 4.86. The summed E-state index contributed by atoms with van der Waals surface area (Å²) in [6.07, 6.45) is 4.75. The lowest BCUT2D eigenvalue weighted by molar-refractivity contribution is -0.137. The summed E-state index contributed by atoms with van der Waals surface area (Å²) in [6, 6.07) is 16.4. The minimum absolute atomic E-state index is 0.162. The molecule has 2 nitrogen and oxygen atoms in total. The topological polar surface area (TPSA) is 20.3 Å². The number of carbonyl (C=O) groups is 1. The summed E-state index contributed by atoms with van der Waals surface area (Å²) in [4.78, 5) is 15.1. The molecule has 0 aromatic heterocycles. The van der Waals surface area contributed by atoms with E-state index in [1.165, 1.54) is 31.4 Å². The van der Waals surface area contributed by atoms with Crippen molar-refractivity contribution in [3.05, 3.63) is 71.5 Å². The Bertz CT molecular complexity index is 742. The second-order valence-electron chi connectivity index (χ2n) is 7.60. The summed E-state index contributed by atoms with van der Waals surface area (Å²) >= 11 is 0. The molecule has 0 N–H and O–H groups in total. The molecule has 0 radical (unpaired) electrons. The van der Waals surface area contributed by atoms with E-state index in [0.717, 1.165) is 23.5 Å². The first-order chi connectivity index (χ1) is 12.1. The van der Waals surface area contributed by atoms with Gasteiger partial charge >= 0.3 is 0 Å². The molecular formula is C22H24FNO. The molecule has 2 saturated carbocycles. The normalized spacial score (nSPS) is 25.8. The lowest BCUT2D eigenvalue weighted by atomic mass is 9.86. The molecule has 2 aromatic carbocycles. The van der Waals surface area contributed by atoms with E-state index < -0.39 is 0 Å². The highest BCUT2D eigenvalue weighted by Gasteiger charge is 2.44. The molecular weight excluding hydrogens is 313 g/mol. The summed E-state index contributed by atoms with van der Waals surface area (Å²) in [5, 5.41) is 0. The molecule has 0 heterocycles. The Kier molecular flexibility index (Phi) is 4.32. The molecule has 0 saturated heterocycles. The van der Waals surface area contributed by atoms with E-state index in [-0.39, 0.29) is 23.7 Å². The summed E-state index contributed by atoms with van der Waals surface area (Å²) in [5.41, 5.74) is 2.01. The van der Waals surface area contributed by atoms with Gasteiger partial charge in [-0.05, 0) is 54.4 Å². The summed E-state index contributed by atoms with van der Waals surface area (Å²) < 4.78 is 13.4. The number of hydrogen-bond acceptors (Lipinski definition) is 1. The van der Waals surface area contributed by atoms with Gasteiger partial charge in [0.15, 0.2) is 0 Å². The van der Waals surface area contributed by atoms with E-state index >= 15 is 0 Å². The Morgan fingerprint density at radius 1 is 1.00 bits per heavy atom. The van der Waals surface area contributed by atoms with Crippen LogP contribution in [-0.2, 0) is 4.79 Å². The van der Waals surface area contributed by atoms with Crippen LogP contribution in [0, 0.1) is 23.6 Å². The van der Waals surface area contributed by atoms with Crippen molar-refractivity contribution in [2.75, 3.05) is 7.05 Å². The molecule has 2 aliphatic rings. The fourth-order valence-corrected chi connectivity index (χ4v) is 4.86. The van der Waals surface area contributed by atoms with Gasteiger partial charge in [0.05, 0.1) is 6.04 Å². The van der Waals surface area contributed by atoms with Crippen molar-refractivity contribution in [2.45, 2.75) is 31.7 Å². The second kappa shape index (κ2) is 6.62. The molecule has 3 heteroatoms. The molecule has 25 heavy (non-hydrogen) atoms. The number of amides is 1. The largest absolute Gasteiger partial charge is 0.334 e. The zero-order valence-electron chi connectivity index (χ0n) is 14.6. The summed E-state index contributed by atoms with van der Waals surface area (Å²) in [7, 11) is 1.90. The first kappa shape index (κ1) is 16.3. The quantitative estimate of drug-likeness (QED) is 0.784. The second-order valence-corrected chi connectivity index (χ2v) is 7.60. The van der Waals surface area contributed by atoms with Crippen molar-refractivity contribution < 1.29 is 9.18 Å². The van der Waals surface area contributed by atoms with Crippen molar-refractivity contribution in [3.63, 3.8) is 0 Å². The average Bonchev–Trinajstić information content (AvgIpc) is 3.27. The van der Waals surface area contributed by atoms with Crippen LogP contribution in [0.1, 0.15) is 42.9 Å². The molecule has 0 unspecified atom stereocenters. The molecule has 130 valence electrons. The molecule has 1 amide bonds. The van der Waals surface area contributed by atoms with E-state index in [9.17, 15) is 9.18 Å². The van der Waals surface area contributed by atoms with Crippen LogP contribution in [0.2, 0.25) is 0 Å². The van der Waals surface area contributed by atoms with Gasteiger partial charge in [0, 0.05) is 13.0 Å². The molecule has 2 aliphatic carbocycles. The Morgan fingerprint density at radius 2 is 1.68 bits per heavy atom. The van der Waals surface area contributed by atoms with Gasteiger partial charge in [0.2, 0.25) is 5.91 Å². The van der Waals surface area contributed by atoms with Crippen molar-refractivity contribution in [3.8, 4) is 0 Å². The Morgan fingerprint density at radius 3 is 2.28 bits per heavy atom. The molecule has 0 spiro atoms. The Labute approximate surface area is 148 Å². The van der Waals surface area contributed by atoms with Crippen LogP contribution in [-0.4, -0.2) is 17.9 Å². The van der Waals surface area contributed by atoms with Crippen molar-refractivity contribution in [2.24, 2.45) is 17.8 Å². The van der Waals surface area contributed by atoms with Crippen LogP contribution in [0.25, 0.3) is 0 Å². The maximum Gasteiger partial charge on any atom is 0.226 e. The number of rotatable bonds is 4. The van der Waals surface area contributed by atoms with Crippen molar-refractivity contribution in [1.82, 2.24) is 4.90 Å². The minimum Gasteiger partial charge on any atom is -0.334 e. The van der Waals surface area contributed by atoms with Gasteiger partial charge in [-0.15, -0.1) is 0 Å². The number of halogens is 1. The highest BCUT2D eigenvalue weighted by Crippen LogP contribution is 2.49. The first-order valence-corrected chi connectivity index (χ1v) is 9.20. The van der Waals surface area contributed by atoms with E-state index in [1.807, 2.05) is 42.3 Å². The average molecular weight is 337 g/mol. The monoisotopic (exact) mass is 337 g/mol. The van der Waals surface area contributed by atoms with Crippen LogP contribution in [0.15, 0.2) is 54.6 Å². The lowest BCUT2D eigenvalue weighted by Gasteiger charge is -2.33. The minimum atomic E-state index is -0.252. The highest BCUT2D eigenvalue weighted by atomic mass is 19.1. The van der Waals surface area contributed by atoms with Crippen LogP contribution in [0.5, 0.6) is 0 Å². The van der Waals surface area contributed by atoms with Gasteiger partial charge in [0.25, 0.3) is 0 Å². The summed E-state index contributed by atoms with van der Waals surface area (Å²) in [5.74, 6) is 1.45. The van der Waals surface area contributed by atoms with E-state index in [1.54, 1.807) is 12.1 Å². The SMILES string of the molecule is CN(C(=O)[C@H]1C[C@H]2CC[C@H]1C2)[C@@H](c1ccccc1)c1ccc(F)cc1. The van der Waals surface area contributed by atoms with Crippen LogP contribution in [0.3, 0.4) is 0 Å². The van der Waals surface area contributed by atoms with Crippen molar-refractivity contribution in [1.29, 1.82) is 0 Å². The Balaban J connectivity index is 1.65. The highest BCUT2D eigenvalue weighted by molar-refractivity contribution is 5.80. The zero-order valence-corrected chi connectivity index (χ0v) is 14.6. The predicted molar refractivity (Wildman–Crippen MR) is 96.4 cm³/mol. The third kappa shape index (κ3) is 3.08. The lowest BCUT2D eigenvalue weighted by Crippen LogP contribution is -2.38. The van der Waals surface area contributed by atoms with Gasteiger partial charge in [-0.2, -0.15) is 0 Å². The number of fused-ring (bicyclic) bond motifs is 2. The van der Waals surface area contributed by atoms with Gasteiger partial charge in [-0.3, -0.25) is 4.79 Å². The van der Waals surface area contributed by atoms with Crippen LogP contribution >= 0.6 is 0 Å². The summed E-state index contributed by atoms with van der Waals surface area (Å²) in [6.45, 7) is 0.